The van der Waals surface area contributed by atoms with Crippen molar-refractivity contribution in [1.82, 2.24) is 10.2 Å². The van der Waals surface area contributed by atoms with Gasteiger partial charge < -0.3 is 20.1 Å². The summed E-state index contributed by atoms with van der Waals surface area (Å²) in [5, 5.41) is 12.8. The number of benzene rings is 1. The van der Waals surface area contributed by atoms with Crippen LogP contribution in [-0.4, -0.2) is 54.8 Å². The summed E-state index contributed by atoms with van der Waals surface area (Å²) >= 11 is 3.36. The minimum atomic E-state index is -0.643. The van der Waals surface area contributed by atoms with E-state index in [1.165, 1.54) is 0 Å². The van der Waals surface area contributed by atoms with Crippen LogP contribution in [-0.2, 0) is 4.79 Å². The van der Waals surface area contributed by atoms with Crippen LogP contribution in [0, 0.1) is 0 Å². The zero-order chi connectivity index (χ0) is 15.1. The van der Waals surface area contributed by atoms with Gasteiger partial charge in [0.1, 0.15) is 18.5 Å². The molecule has 2 N–H and O–H groups in total. The summed E-state index contributed by atoms with van der Waals surface area (Å²) in [5.41, 5.74) is 0. The summed E-state index contributed by atoms with van der Waals surface area (Å²) in [7, 11) is 0. The first-order valence-electron chi connectivity index (χ1n) is 7.20. The Hall–Kier alpha value is -1.11. The van der Waals surface area contributed by atoms with E-state index in [1.54, 1.807) is 0 Å². The lowest BCUT2D eigenvalue weighted by molar-refractivity contribution is -0.129. The highest BCUT2D eigenvalue weighted by atomic mass is 79.9. The average molecular weight is 357 g/mol. The second kappa shape index (κ2) is 8.36. The number of hydrogen-bond donors (Lipinski definition) is 2. The molecule has 0 aromatic heterocycles. The predicted octanol–water partition coefficient (Wildman–Crippen LogP) is 1.40. The highest BCUT2D eigenvalue weighted by Crippen LogP contribution is 2.17. The number of nitrogens with zero attached hydrogens (tertiary/aromatic N) is 1. The molecular weight excluding hydrogens is 336 g/mol. The molecule has 0 radical (unpaired) electrons. The average Bonchev–Trinajstić information content (AvgIpc) is 2.99. The SMILES string of the molecule is O=C(CNCC(O)COc1cccc(Br)c1)N1CCCC1. The summed E-state index contributed by atoms with van der Waals surface area (Å²) in [6.45, 7) is 2.52. The second-order valence-electron chi connectivity index (χ2n) is 5.14. The molecule has 116 valence electrons. The molecule has 1 amide bonds. The van der Waals surface area contributed by atoms with Gasteiger partial charge in [-0.15, -0.1) is 0 Å². The van der Waals surface area contributed by atoms with Crippen molar-refractivity contribution in [1.29, 1.82) is 0 Å². The summed E-state index contributed by atoms with van der Waals surface area (Å²) in [6, 6.07) is 7.46. The van der Waals surface area contributed by atoms with Gasteiger partial charge in [-0.1, -0.05) is 22.0 Å². The van der Waals surface area contributed by atoms with Gasteiger partial charge in [-0.05, 0) is 31.0 Å². The molecule has 0 aliphatic carbocycles. The highest BCUT2D eigenvalue weighted by molar-refractivity contribution is 9.10. The van der Waals surface area contributed by atoms with Crippen LogP contribution in [0.3, 0.4) is 0 Å². The van der Waals surface area contributed by atoms with E-state index in [0.29, 0.717) is 12.3 Å². The Morgan fingerprint density at radius 2 is 2.19 bits per heavy atom. The number of aliphatic hydroxyl groups excluding tert-OH is 1. The third-order valence-corrected chi connectivity index (χ3v) is 3.85. The van der Waals surface area contributed by atoms with Crippen molar-refractivity contribution in [2.24, 2.45) is 0 Å². The first-order chi connectivity index (χ1) is 10.1. The summed E-state index contributed by atoms with van der Waals surface area (Å²) < 4.78 is 6.42. The topological polar surface area (TPSA) is 61.8 Å². The Kier molecular flexibility index (Phi) is 6.48. The van der Waals surface area contributed by atoms with E-state index in [2.05, 4.69) is 21.2 Å². The Bertz CT molecular complexity index is 464. The van der Waals surface area contributed by atoms with Crippen molar-refractivity contribution in [2.45, 2.75) is 18.9 Å². The van der Waals surface area contributed by atoms with Crippen molar-refractivity contribution >= 4 is 21.8 Å². The van der Waals surface area contributed by atoms with E-state index >= 15 is 0 Å². The fourth-order valence-corrected chi connectivity index (χ4v) is 2.61. The van der Waals surface area contributed by atoms with Crippen LogP contribution in [0.2, 0.25) is 0 Å². The largest absolute Gasteiger partial charge is 0.491 e. The van der Waals surface area contributed by atoms with Gasteiger partial charge in [-0.2, -0.15) is 0 Å². The number of aliphatic hydroxyl groups is 1. The smallest absolute Gasteiger partial charge is 0.236 e. The van der Waals surface area contributed by atoms with Crippen LogP contribution in [0.1, 0.15) is 12.8 Å². The number of rotatable bonds is 7. The van der Waals surface area contributed by atoms with E-state index < -0.39 is 6.10 Å². The van der Waals surface area contributed by atoms with E-state index in [-0.39, 0.29) is 19.1 Å². The molecule has 0 bridgehead atoms. The van der Waals surface area contributed by atoms with E-state index in [4.69, 9.17) is 4.74 Å². The zero-order valence-electron chi connectivity index (χ0n) is 11.9. The number of likely N-dealkylation sites (tertiary alicyclic amines) is 1. The number of amides is 1. The highest BCUT2D eigenvalue weighted by Gasteiger charge is 2.17. The lowest BCUT2D eigenvalue weighted by Crippen LogP contribution is -2.40. The van der Waals surface area contributed by atoms with E-state index in [9.17, 15) is 9.90 Å². The maximum Gasteiger partial charge on any atom is 0.236 e. The van der Waals surface area contributed by atoms with Crippen molar-refractivity contribution in [3.05, 3.63) is 28.7 Å². The number of carbonyl (C=O) groups is 1. The van der Waals surface area contributed by atoms with E-state index in [1.807, 2.05) is 29.2 Å². The Balaban J connectivity index is 1.61. The van der Waals surface area contributed by atoms with Gasteiger partial charge >= 0.3 is 0 Å². The van der Waals surface area contributed by atoms with Gasteiger partial charge in [0.25, 0.3) is 0 Å². The summed E-state index contributed by atoms with van der Waals surface area (Å²) in [4.78, 5) is 13.6. The van der Waals surface area contributed by atoms with E-state index in [0.717, 1.165) is 30.4 Å². The molecule has 1 aromatic carbocycles. The minimum absolute atomic E-state index is 0.104. The maximum absolute atomic E-state index is 11.8. The summed E-state index contributed by atoms with van der Waals surface area (Å²) in [6.07, 6.45) is 1.54. The van der Waals surface area contributed by atoms with Crippen molar-refractivity contribution in [2.75, 3.05) is 32.8 Å². The molecule has 1 aliphatic heterocycles. The first kappa shape index (κ1) is 16.3. The molecule has 1 heterocycles. The Labute approximate surface area is 133 Å². The second-order valence-corrected chi connectivity index (χ2v) is 6.06. The van der Waals surface area contributed by atoms with Crippen LogP contribution in [0.25, 0.3) is 0 Å². The number of halogens is 1. The van der Waals surface area contributed by atoms with Crippen molar-refractivity contribution in [3.63, 3.8) is 0 Å². The Morgan fingerprint density at radius 3 is 2.90 bits per heavy atom. The summed E-state index contributed by atoms with van der Waals surface area (Å²) in [5.74, 6) is 0.809. The van der Waals surface area contributed by atoms with Crippen LogP contribution in [0.5, 0.6) is 5.75 Å². The maximum atomic E-state index is 11.8. The van der Waals surface area contributed by atoms with Crippen LogP contribution in [0.4, 0.5) is 0 Å². The number of nitrogens with one attached hydrogen (secondary N) is 1. The molecule has 1 saturated heterocycles. The number of carbonyl (C=O) groups excluding carboxylic acids is 1. The third-order valence-electron chi connectivity index (χ3n) is 3.35. The van der Waals surface area contributed by atoms with Gasteiger partial charge in [0.2, 0.25) is 5.91 Å². The van der Waals surface area contributed by atoms with Crippen molar-refractivity contribution < 1.29 is 14.6 Å². The quantitative estimate of drug-likeness (QED) is 0.775. The van der Waals surface area contributed by atoms with Crippen molar-refractivity contribution in [3.8, 4) is 5.75 Å². The van der Waals surface area contributed by atoms with Gasteiger partial charge in [-0.3, -0.25) is 4.79 Å². The fraction of sp³-hybridized carbons (Fsp3) is 0.533. The fourth-order valence-electron chi connectivity index (χ4n) is 2.23. The molecule has 5 nitrogen and oxygen atoms in total. The molecule has 6 heteroatoms. The Morgan fingerprint density at radius 1 is 1.43 bits per heavy atom. The molecule has 1 fully saturated rings. The van der Waals surface area contributed by atoms with Gasteiger partial charge in [0, 0.05) is 24.1 Å². The third kappa shape index (κ3) is 5.65. The normalized spacial score (nSPS) is 16.0. The standard InChI is InChI=1S/C15H21BrN2O3/c16-12-4-3-5-14(8-12)21-11-13(19)9-17-10-15(20)18-6-1-2-7-18/h3-5,8,13,17,19H,1-2,6-7,9-11H2. The van der Waals surface area contributed by atoms with Gasteiger partial charge in [-0.25, -0.2) is 0 Å². The number of ether oxygens (including phenoxy) is 1. The van der Waals surface area contributed by atoms with Gasteiger partial charge in [0.05, 0.1) is 6.54 Å². The molecule has 1 aliphatic rings. The molecule has 1 atom stereocenters. The molecule has 1 unspecified atom stereocenters. The first-order valence-corrected chi connectivity index (χ1v) is 7.99. The molecular formula is C15H21BrN2O3. The van der Waals surface area contributed by atoms with Gasteiger partial charge in [0.15, 0.2) is 0 Å². The van der Waals surface area contributed by atoms with Crippen LogP contribution < -0.4 is 10.1 Å². The predicted molar refractivity (Wildman–Crippen MR) is 84.3 cm³/mol. The molecule has 2 rings (SSSR count). The van der Waals surface area contributed by atoms with Crippen LogP contribution in [0.15, 0.2) is 28.7 Å². The molecule has 21 heavy (non-hydrogen) atoms. The zero-order valence-corrected chi connectivity index (χ0v) is 13.5. The monoisotopic (exact) mass is 356 g/mol. The minimum Gasteiger partial charge on any atom is -0.491 e. The number of hydrogen-bond acceptors (Lipinski definition) is 4. The lowest BCUT2D eigenvalue weighted by atomic mass is 10.3. The lowest BCUT2D eigenvalue weighted by Gasteiger charge is -2.17. The molecule has 1 aromatic rings. The molecule has 0 spiro atoms. The van der Waals surface area contributed by atoms with Crippen LogP contribution >= 0.6 is 15.9 Å². The molecule has 0 saturated carbocycles.